The van der Waals surface area contributed by atoms with Crippen LogP contribution in [0.2, 0.25) is 5.02 Å². The number of ketones is 1. The highest BCUT2D eigenvalue weighted by Crippen LogP contribution is 2.22. The molecule has 0 radical (unpaired) electrons. The molecule has 1 unspecified atom stereocenters. The summed E-state index contributed by atoms with van der Waals surface area (Å²) in [5, 5.41) is 0.566. The molecule has 0 spiro atoms. The first kappa shape index (κ1) is 15.5. The van der Waals surface area contributed by atoms with Gasteiger partial charge in [-0.2, -0.15) is 0 Å². The minimum Gasteiger partial charge on any atom is -0.296 e. The molecule has 3 heteroatoms. The molecule has 1 aromatic rings. The summed E-state index contributed by atoms with van der Waals surface area (Å²) < 4.78 is 0. The van der Waals surface area contributed by atoms with Crippen molar-refractivity contribution >= 4 is 17.4 Å². The Kier molecular flexibility index (Phi) is 6.06. The average molecular weight is 294 g/mol. The highest BCUT2D eigenvalue weighted by molar-refractivity contribution is 6.34. The zero-order chi connectivity index (χ0) is 14.4. The summed E-state index contributed by atoms with van der Waals surface area (Å²) in [4.78, 5) is 14.6. The van der Waals surface area contributed by atoms with Gasteiger partial charge in [-0.25, -0.2) is 0 Å². The average Bonchev–Trinajstić information content (AvgIpc) is 2.65. The van der Waals surface area contributed by atoms with Gasteiger partial charge < -0.3 is 0 Å². The van der Waals surface area contributed by atoms with Crippen molar-refractivity contribution in [1.82, 2.24) is 4.90 Å². The van der Waals surface area contributed by atoms with Crippen LogP contribution in [0.25, 0.3) is 0 Å². The van der Waals surface area contributed by atoms with Gasteiger partial charge in [-0.1, -0.05) is 43.5 Å². The molecule has 0 bridgehead atoms. The zero-order valence-corrected chi connectivity index (χ0v) is 13.0. The number of likely N-dealkylation sites (tertiary alicyclic amines) is 1. The molecule has 0 N–H and O–H groups in total. The van der Waals surface area contributed by atoms with Crippen LogP contribution in [0.5, 0.6) is 0 Å². The number of hydrogen-bond donors (Lipinski definition) is 0. The molecule has 20 heavy (non-hydrogen) atoms. The molecule has 0 saturated carbocycles. The Morgan fingerprint density at radius 1 is 1.30 bits per heavy atom. The predicted molar refractivity (Wildman–Crippen MR) is 84.5 cm³/mol. The lowest BCUT2D eigenvalue weighted by Gasteiger charge is -2.19. The third-order valence-electron chi connectivity index (χ3n) is 4.18. The smallest absolute Gasteiger partial charge is 0.178 e. The standard InChI is InChI=1S/C17H24ClNO/c1-2-6-14-7-5-11-19(12-10-14)13-17(20)15-8-3-4-9-16(15)18/h3-4,8-9,14H,2,5-7,10-13H2,1H3. The van der Waals surface area contributed by atoms with Crippen molar-refractivity contribution in [3.8, 4) is 0 Å². The van der Waals surface area contributed by atoms with Gasteiger partial charge in [0.1, 0.15) is 0 Å². The van der Waals surface area contributed by atoms with Gasteiger partial charge in [0.15, 0.2) is 5.78 Å². The van der Waals surface area contributed by atoms with E-state index in [0.29, 0.717) is 17.1 Å². The number of hydrogen-bond acceptors (Lipinski definition) is 2. The van der Waals surface area contributed by atoms with Crippen LogP contribution >= 0.6 is 11.6 Å². The van der Waals surface area contributed by atoms with Gasteiger partial charge in [0, 0.05) is 5.56 Å². The monoisotopic (exact) mass is 293 g/mol. The van der Waals surface area contributed by atoms with Crippen LogP contribution in [-0.2, 0) is 0 Å². The number of halogens is 1. The van der Waals surface area contributed by atoms with Crippen molar-refractivity contribution in [2.24, 2.45) is 5.92 Å². The van der Waals surface area contributed by atoms with Crippen LogP contribution in [0.3, 0.4) is 0 Å². The lowest BCUT2D eigenvalue weighted by molar-refractivity contribution is 0.0932. The van der Waals surface area contributed by atoms with Gasteiger partial charge in [0.05, 0.1) is 11.6 Å². The van der Waals surface area contributed by atoms with Crippen LogP contribution in [-0.4, -0.2) is 30.3 Å². The number of benzene rings is 1. The van der Waals surface area contributed by atoms with Gasteiger partial charge in [-0.15, -0.1) is 0 Å². The van der Waals surface area contributed by atoms with E-state index >= 15 is 0 Å². The quantitative estimate of drug-likeness (QED) is 0.749. The molecule has 1 aliphatic rings. The lowest BCUT2D eigenvalue weighted by Crippen LogP contribution is -2.31. The van der Waals surface area contributed by atoms with Crippen LogP contribution < -0.4 is 0 Å². The summed E-state index contributed by atoms with van der Waals surface area (Å²) in [6.07, 6.45) is 6.34. The fourth-order valence-electron chi connectivity index (χ4n) is 3.06. The first-order chi connectivity index (χ1) is 9.70. The highest BCUT2D eigenvalue weighted by Gasteiger charge is 2.19. The van der Waals surface area contributed by atoms with Crippen molar-refractivity contribution in [2.75, 3.05) is 19.6 Å². The molecule has 1 aromatic carbocycles. The molecule has 2 nitrogen and oxygen atoms in total. The van der Waals surface area contributed by atoms with E-state index in [2.05, 4.69) is 11.8 Å². The third-order valence-corrected chi connectivity index (χ3v) is 4.51. The molecule has 2 rings (SSSR count). The Bertz CT molecular complexity index is 446. The molecule has 1 fully saturated rings. The maximum Gasteiger partial charge on any atom is 0.178 e. The molecular weight excluding hydrogens is 270 g/mol. The topological polar surface area (TPSA) is 20.3 Å². The largest absolute Gasteiger partial charge is 0.296 e. The number of carbonyl (C=O) groups excluding carboxylic acids is 1. The summed E-state index contributed by atoms with van der Waals surface area (Å²) in [5.41, 5.74) is 0.656. The molecule has 0 amide bonds. The summed E-state index contributed by atoms with van der Waals surface area (Å²) in [6.45, 7) is 4.84. The van der Waals surface area contributed by atoms with E-state index in [-0.39, 0.29) is 5.78 Å². The predicted octanol–water partition coefficient (Wildman–Crippen LogP) is 4.42. The Hall–Kier alpha value is -0.860. The lowest BCUT2D eigenvalue weighted by atomic mass is 9.96. The Morgan fingerprint density at radius 2 is 2.10 bits per heavy atom. The summed E-state index contributed by atoms with van der Waals surface area (Å²) in [7, 11) is 0. The summed E-state index contributed by atoms with van der Waals surface area (Å²) in [5.74, 6) is 0.991. The third kappa shape index (κ3) is 4.32. The minimum absolute atomic E-state index is 0.143. The Morgan fingerprint density at radius 3 is 2.85 bits per heavy atom. The molecule has 1 aliphatic heterocycles. The second-order valence-corrected chi connectivity index (χ2v) is 6.17. The van der Waals surface area contributed by atoms with E-state index in [4.69, 9.17) is 11.6 Å². The van der Waals surface area contributed by atoms with Gasteiger partial charge in [0.25, 0.3) is 0 Å². The molecule has 110 valence electrons. The van der Waals surface area contributed by atoms with Crippen molar-refractivity contribution in [1.29, 1.82) is 0 Å². The van der Waals surface area contributed by atoms with E-state index in [1.165, 1.54) is 32.1 Å². The number of rotatable bonds is 5. The van der Waals surface area contributed by atoms with Crippen molar-refractivity contribution in [3.63, 3.8) is 0 Å². The molecule has 1 atom stereocenters. The highest BCUT2D eigenvalue weighted by atomic mass is 35.5. The SMILES string of the molecule is CCCC1CCCN(CC(=O)c2ccccc2Cl)CC1. The maximum absolute atomic E-state index is 12.3. The first-order valence-electron chi connectivity index (χ1n) is 7.70. The summed E-state index contributed by atoms with van der Waals surface area (Å²) >= 11 is 6.09. The van der Waals surface area contributed by atoms with E-state index in [9.17, 15) is 4.79 Å². The van der Waals surface area contributed by atoms with E-state index in [1.807, 2.05) is 18.2 Å². The fraction of sp³-hybridized carbons (Fsp3) is 0.588. The van der Waals surface area contributed by atoms with Crippen molar-refractivity contribution in [2.45, 2.75) is 39.0 Å². The second-order valence-electron chi connectivity index (χ2n) is 5.76. The van der Waals surface area contributed by atoms with Crippen LogP contribution in [0, 0.1) is 5.92 Å². The van der Waals surface area contributed by atoms with E-state index in [0.717, 1.165) is 19.0 Å². The van der Waals surface area contributed by atoms with Crippen molar-refractivity contribution < 1.29 is 4.79 Å². The number of nitrogens with zero attached hydrogens (tertiary/aromatic N) is 1. The van der Waals surface area contributed by atoms with Gasteiger partial charge in [-0.05, 0) is 50.4 Å². The summed E-state index contributed by atoms with van der Waals surface area (Å²) in [6, 6.07) is 7.34. The fourth-order valence-corrected chi connectivity index (χ4v) is 3.30. The van der Waals surface area contributed by atoms with Crippen LogP contribution in [0.4, 0.5) is 0 Å². The number of carbonyl (C=O) groups is 1. The van der Waals surface area contributed by atoms with Crippen LogP contribution in [0.15, 0.2) is 24.3 Å². The van der Waals surface area contributed by atoms with E-state index in [1.54, 1.807) is 6.07 Å². The van der Waals surface area contributed by atoms with Gasteiger partial charge in [-0.3, -0.25) is 9.69 Å². The Balaban J connectivity index is 1.90. The van der Waals surface area contributed by atoms with Crippen molar-refractivity contribution in [3.05, 3.63) is 34.9 Å². The minimum atomic E-state index is 0.143. The molecule has 0 aromatic heterocycles. The van der Waals surface area contributed by atoms with Crippen LogP contribution in [0.1, 0.15) is 49.4 Å². The Labute approximate surface area is 127 Å². The second kappa shape index (κ2) is 7.80. The first-order valence-corrected chi connectivity index (χ1v) is 8.08. The molecule has 1 saturated heterocycles. The van der Waals surface area contributed by atoms with Gasteiger partial charge in [0.2, 0.25) is 0 Å². The van der Waals surface area contributed by atoms with E-state index < -0.39 is 0 Å². The normalized spacial score (nSPS) is 20.6. The maximum atomic E-state index is 12.3. The van der Waals surface area contributed by atoms with Gasteiger partial charge >= 0.3 is 0 Å². The zero-order valence-electron chi connectivity index (χ0n) is 12.3. The molecule has 1 heterocycles. The number of Topliss-reactive ketones (excluding diaryl/α,β-unsaturated/α-hetero) is 1. The molecule has 0 aliphatic carbocycles. The molecular formula is C17H24ClNO.